The van der Waals surface area contributed by atoms with Crippen molar-refractivity contribution in [3.8, 4) is 11.1 Å². The van der Waals surface area contributed by atoms with Crippen LogP contribution in [0.4, 0.5) is 13.2 Å². The third-order valence-corrected chi connectivity index (χ3v) is 3.08. The zero-order valence-electron chi connectivity index (χ0n) is 11.3. The number of halogens is 4. The lowest BCUT2D eigenvalue weighted by atomic mass is 10.1. The monoisotopic (exact) mass is 302 g/mol. The van der Waals surface area contributed by atoms with Gasteiger partial charge in [0.2, 0.25) is 0 Å². The molecule has 0 N–H and O–H groups in total. The minimum atomic E-state index is -4.49. The molecule has 0 bridgehead atoms. The van der Waals surface area contributed by atoms with E-state index in [2.05, 4.69) is 5.10 Å². The second kappa shape index (κ2) is 4.81. The third kappa shape index (κ3) is 2.98. The first kappa shape index (κ1) is 14.9. The molecule has 2 nitrogen and oxygen atoms in total. The summed E-state index contributed by atoms with van der Waals surface area (Å²) in [4.78, 5) is 0. The van der Waals surface area contributed by atoms with E-state index >= 15 is 0 Å². The maximum atomic E-state index is 13.1. The minimum Gasteiger partial charge on any atom is -0.266 e. The normalized spacial score (nSPS) is 12.8. The number of aromatic nitrogens is 2. The summed E-state index contributed by atoms with van der Waals surface area (Å²) in [5.74, 6) is 0. The molecule has 0 spiro atoms. The Hall–Kier alpha value is -1.49. The van der Waals surface area contributed by atoms with Crippen LogP contribution in [-0.4, -0.2) is 9.78 Å². The summed E-state index contributed by atoms with van der Waals surface area (Å²) >= 11 is 5.76. The lowest BCUT2D eigenvalue weighted by Crippen LogP contribution is -2.23. The molecule has 108 valence electrons. The number of rotatable bonds is 1. The van der Waals surface area contributed by atoms with Crippen molar-refractivity contribution >= 4 is 11.6 Å². The van der Waals surface area contributed by atoms with Crippen molar-refractivity contribution in [1.82, 2.24) is 9.78 Å². The predicted molar refractivity (Wildman–Crippen MR) is 72.7 cm³/mol. The number of nitrogens with zero attached hydrogens (tertiary/aromatic N) is 2. The van der Waals surface area contributed by atoms with Gasteiger partial charge in [-0.25, -0.2) is 0 Å². The van der Waals surface area contributed by atoms with Gasteiger partial charge in [-0.1, -0.05) is 23.7 Å². The Morgan fingerprint density at radius 2 is 1.60 bits per heavy atom. The Bertz CT molecular complexity index is 607. The van der Waals surface area contributed by atoms with Crippen LogP contribution in [0.2, 0.25) is 5.02 Å². The van der Waals surface area contributed by atoms with Crippen LogP contribution in [0.5, 0.6) is 0 Å². The number of alkyl halides is 3. The van der Waals surface area contributed by atoms with E-state index in [1.54, 1.807) is 45.0 Å². The van der Waals surface area contributed by atoms with Gasteiger partial charge in [0, 0.05) is 16.8 Å². The molecule has 0 radical (unpaired) electrons. The first-order valence-electron chi connectivity index (χ1n) is 6.02. The highest BCUT2D eigenvalue weighted by Gasteiger charge is 2.38. The van der Waals surface area contributed by atoms with Gasteiger partial charge in [0.1, 0.15) is 0 Å². The molecule has 1 heterocycles. The molecule has 0 aliphatic heterocycles. The SMILES string of the molecule is CC(C)(C)n1cc(-c2ccc(Cl)cc2)c(C(F)(F)F)n1. The summed E-state index contributed by atoms with van der Waals surface area (Å²) < 4.78 is 40.7. The molecule has 0 aliphatic carbocycles. The molecule has 2 rings (SSSR count). The smallest absolute Gasteiger partial charge is 0.266 e. The van der Waals surface area contributed by atoms with Crippen molar-refractivity contribution in [1.29, 1.82) is 0 Å². The molecule has 20 heavy (non-hydrogen) atoms. The van der Waals surface area contributed by atoms with Crippen molar-refractivity contribution in [2.45, 2.75) is 32.5 Å². The summed E-state index contributed by atoms with van der Waals surface area (Å²) in [6.07, 6.45) is -3.07. The molecule has 0 saturated carbocycles. The molecule has 0 amide bonds. The summed E-state index contributed by atoms with van der Waals surface area (Å²) in [5.41, 5.74) is -0.902. The van der Waals surface area contributed by atoms with E-state index in [0.29, 0.717) is 10.6 Å². The second-order valence-corrected chi connectivity index (χ2v) is 5.95. The standard InChI is InChI=1S/C14H14ClF3N2/c1-13(2,3)20-8-11(12(19-20)14(16,17)18)9-4-6-10(15)7-5-9/h4-8H,1-3H3. The van der Waals surface area contributed by atoms with Gasteiger partial charge < -0.3 is 0 Å². The average molecular weight is 303 g/mol. The summed E-state index contributed by atoms with van der Waals surface area (Å²) in [7, 11) is 0. The van der Waals surface area contributed by atoms with Gasteiger partial charge in [0.25, 0.3) is 0 Å². The van der Waals surface area contributed by atoms with Crippen molar-refractivity contribution in [3.05, 3.63) is 41.2 Å². The van der Waals surface area contributed by atoms with Gasteiger partial charge in [0.05, 0.1) is 5.54 Å². The molecule has 6 heteroatoms. The molecule has 0 unspecified atom stereocenters. The van der Waals surface area contributed by atoms with Crippen LogP contribution < -0.4 is 0 Å². The van der Waals surface area contributed by atoms with Gasteiger partial charge in [-0.3, -0.25) is 4.68 Å². The van der Waals surface area contributed by atoms with E-state index in [1.807, 2.05) is 0 Å². The fourth-order valence-corrected chi connectivity index (χ4v) is 1.89. The Labute approximate surface area is 120 Å². The topological polar surface area (TPSA) is 17.8 Å². The van der Waals surface area contributed by atoms with E-state index in [1.165, 1.54) is 10.9 Å². The van der Waals surface area contributed by atoms with Gasteiger partial charge in [0.15, 0.2) is 5.69 Å². The molecular weight excluding hydrogens is 289 g/mol. The fraction of sp³-hybridized carbons (Fsp3) is 0.357. The molecule has 0 aliphatic rings. The van der Waals surface area contributed by atoms with Gasteiger partial charge in [-0.2, -0.15) is 18.3 Å². The Kier molecular flexibility index (Phi) is 3.58. The van der Waals surface area contributed by atoms with Crippen molar-refractivity contribution in [2.75, 3.05) is 0 Å². The maximum absolute atomic E-state index is 13.1. The van der Waals surface area contributed by atoms with Crippen LogP contribution in [0.15, 0.2) is 30.5 Å². The fourth-order valence-electron chi connectivity index (χ4n) is 1.77. The highest BCUT2D eigenvalue weighted by Crippen LogP contribution is 2.37. The zero-order valence-corrected chi connectivity index (χ0v) is 12.0. The highest BCUT2D eigenvalue weighted by atomic mass is 35.5. The van der Waals surface area contributed by atoms with E-state index in [9.17, 15) is 13.2 Å². The van der Waals surface area contributed by atoms with Crippen molar-refractivity contribution in [3.63, 3.8) is 0 Å². The first-order chi connectivity index (χ1) is 9.09. The second-order valence-electron chi connectivity index (χ2n) is 5.51. The Morgan fingerprint density at radius 3 is 2.05 bits per heavy atom. The zero-order chi connectivity index (χ0) is 15.1. The molecule has 1 aromatic heterocycles. The predicted octanol–water partition coefficient (Wildman–Crippen LogP) is 4.98. The Morgan fingerprint density at radius 1 is 1.05 bits per heavy atom. The molecule has 1 aromatic carbocycles. The van der Waals surface area contributed by atoms with Gasteiger partial charge in [-0.05, 0) is 38.5 Å². The van der Waals surface area contributed by atoms with Crippen LogP contribution in [-0.2, 0) is 11.7 Å². The lowest BCUT2D eigenvalue weighted by molar-refractivity contribution is -0.141. The molecule has 2 aromatic rings. The lowest BCUT2D eigenvalue weighted by Gasteiger charge is -2.18. The molecule has 0 saturated heterocycles. The summed E-state index contributed by atoms with van der Waals surface area (Å²) in [6, 6.07) is 6.24. The molecular formula is C14H14ClF3N2. The van der Waals surface area contributed by atoms with E-state index in [0.717, 1.165) is 0 Å². The minimum absolute atomic E-state index is 0.0593. The van der Waals surface area contributed by atoms with Crippen LogP contribution in [0.1, 0.15) is 26.5 Å². The maximum Gasteiger partial charge on any atom is 0.435 e. The number of benzene rings is 1. The van der Waals surface area contributed by atoms with Gasteiger partial charge >= 0.3 is 6.18 Å². The molecule has 0 atom stereocenters. The highest BCUT2D eigenvalue weighted by molar-refractivity contribution is 6.30. The number of hydrogen-bond donors (Lipinski definition) is 0. The van der Waals surface area contributed by atoms with Gasteiger partial charge in [-0.15, -0.1) is 0 Å². The summed E-state index contributed by atoms with van der Waals surface area (Å²) in [5, 5.41) is 4.19. The largest absolute Gasteiger partial charge is 0.435 e. The van der Waals surface area contributed by atoms with E-state index < -0.39 is 17.4 Å². The quantitative estimate of drug-likeness (QED) is 0.726. The van der Waals surface area contributed by atoms with Crippen LogP contribution in [0, 0.1) is 0 Å². The van der Waals surface area contributed by atoms with Crippen molar-refractivity contribution < 1.29 is 13.2 Å². The Balaban J connectivity index is 2.62. The number of hydrogen-bond acceptors (Lipinski definition) is 1. The third-order valence-electron chi connectivity index (χ3n) is 2.83. The molecule has 0 fully saturated rings. The van der Waals surface area contributed by atoms with E-state index in [4.69, 9.17) is 11.6 Å². The van der Waals surface area contributed by atoms with Crippen LogP contribution >= 0.6 is 11.6 Å². The van der Waals surface area contributed by atoms with Crippen LogP contribution in [0.3, 0.4) is 0 Å². The first-order valence-corrected chi connectivity index (χ1v) is 6.40. The van der Waals surface area contributed by atoms with E-state index in [-0.39, 0.29) is 5.56 Å². The van der Waals surface area contributed by atoms with Crippen LogP contribution in [0.25, 0.3) is 11.1 Å². The van der Waals surface area contributed by atoms with Crippen molar-refractivity contribution in [2.24, 2.45) is 0 Å². The average Bonchev–Trinajstić information content (AvgIpc) is 2.74. The summed E-state index contributed by atoms with van der Waals surface area (Å²) in [6.45, 7) is 5.39.